The van der Waals surface area contributed by atoms with Gasteiger partial charge in [-0.2, -0.15) is 0 Å². The summed E-state index contributed by atoms with van der Waals surface area (Å²) in [5.74, 6) is 0. The standard InChI is InChI=1S/C4H6N2O2/c7-5-3-1-2-4(3)6-8/h7-8H,1-2H2. The van der Waals surface area contributed by atoms with Gasteiger partial charge in [0.2, 0.25) is 0 Å². The first kappa shape index (κ1) is 5.08. The van der Waals surface area contributed by atoms with Crippen LogP contribution in [0, 0.1) is 0 Å². The van der Waals surface area contributed by atoms with Crippen molar-refractivity contribution >= 4 is 11.4 Å². The minimum Gasteiger partial charge on any atom is -0.411 e. The average molecular weight is 114 g/mol. The Morgan fingerprint density at radius 1 is 1.00 bits per heavy atom. The van der Waals surface area contributed by atoms with Crippen molar-refractivity contribution in [3.8, 4) is 0 Å². The van der Waals surface area contributed by atoms with Crippen LogP contribution in [0.3, 0.4) is 0 Å². The van der Waals surface area contributed by atoms with Crippen LogP contribution < -0.4 is 0 Å². The van der Waals surface area contributed by atoms with Crippen LogP contribution in [0.25, 0.3) is 0 Å². The molecule has 0 heterocycles. The van der Waals surface area contributed by atoms with Gasteiger partial charge in [0.15, 0.2) is 0 Å². The molecule has 0 spiro atoms. The number of oxime groups is 2. The smallest absolute Gasteiger partial charge is 0.105 e. The first-order valence-corrected chi connectivity index (χ1v) is 2.30. The van der Waals surface area contributed by atoms with Crippen LogP contribution in [0.15, 0.2) is 10.3 Å². The third-order valence-corrected chi connectivity index (χ3v) is 1.17. The van der Waals surface area contributed by atoms with Gasteiger partial charge < -0.3 is 10.4 Å². The monoisotopic (exact) mass is 114 g/mol. The number of nitrogens with zero attached hydrogens (tertiary/aromatic N) is 2. The maximum absolute atomic E-state index is 8.08. The van der Waals surface area contributed by atoms with Crippen LogP contribution >= 0.6 is 0 Å². The molecule has 44 valence electrons. The van der Waals surface area contributed by atoms with Crippen molar-refractivity contribution in [1.29, 1.82) is 0 Å². The molecule has 0 amide bonds. The van der Waals surface area contributed by atoms with Crippen LogP contribution in [0.2, 0.25) is 0 Å². The van der Waals surface area contributed by atoms with Crippen LogP contribution in [-0.4, -0.2) is 21.8 Å². The molecular formula is C4H6N2O2. The van der Waals surface area contributed by atoms with E-state index >= 15 is 0 Å². The van der Waals surface area contributed by atoms with E-state index in [1.807, 2.05) is 0 Å². The van der Waals surface area contributed by atoms with Crippen LogP contribution in [-0.2, 0) is 0 Å². The SMILES string of the molecule is ON=C1CCC1=NO. The summed E-state index contributed by atoms with van der Waals surface area (Å²) < 4.78 is 0. The molecule has 0 bridgehead atoms. The summed E-state index contributed by atoms with van der Waals surface area (Å²) in [4.78, 5) is 0. The fourth-order valence-electron chi connectivity index (χ4n) is 0.564. The van der Waals surface area contributed by atoms with E-state index in [1.165, 1.54) is 0 Å². The minimum absolute atomic E-state index is 0.493. The predicted octanol–water partition coefficient (Wildman–Crippen LogP) is 0.441. The molecule has 4 heteroatoms. The molecule has 0 radical (unpaired) electrons. The van der Waals surface area contributed by atoms with E-state index in [9.17, 15) is 0 Å². The zero-order valence-corrected chi connectivity index (χ0v) is 4.20. The molecular weight excluding hydrogens is 108 g/mol. The Morgan fingerprint density at radius 2 is 1.38 bits per heavy atom. The van der Waals surface area contributed by atoms with Crippen LogP contribution in [0.1, 0.15) is 12.8 Å². The molecule has 1 aliphatic rings. The number of hydrogen-bond donors (Lipinski definition) is 2. The van der Waals surface area contributed by atoms with Crippen molar-refractivity contribution in [2.24, 2.45) is 10.3 Å². The molecule has 1 rings (SSSR count). The molecule has 0 unspecified atom stereocenters. The highest BCUT2D eigenvalue weighted by atomic mass is 16.4. The quantitative estimate of drug-likeness (QED) is 0.354. The van der Waals surface area contributed by atoms with Gasteiger partial charge in [0.25, 0.3) is 0 Å². The van der Waals surface area contributed by atoms with E-state index in [0.717, 1.165) is 12.8 Å². The second kappa shape index (κ2) is 1.81. The average Bonchev–Trinajstić information content (AvgIpc) is 1.66. The normalized spacial score (nSPS) is 28.5. The van der Waals surface area contributed by atoms with Gasteiger partial charge in [-0.1, -0.05) is 10.3 Å². The number of rotatable bonds is 0. The summed E-state index contributed by atoms with van der Waals surface area (Å²) in [6.45, 7) is 0. The Morgan fingerprint density at radius 3 is 1.50 bits per heavy atom. The molecule has 0 aromatic carbocycles. The fourth-order valence-corrected chi connectivity index (χ4v) is 0.564. The Balaban J connectivity index is 2.64. The van der Waals surface area contributed by atoms with E-state index in [2.05, 4.69) is 10.3 Å². The van der Waals surface area contributed by atoms with Gasteiger partial charge in [-0.3, -0.25) is 0 Å². The highest BCUT2D eigenvalue weighted by Gasteiger charge is 2.20. The molecule has 1 saturated carbocycles. The lowest BCUT2D eigenvalue weighted by Crippen LogP contribution is -2.25. The zero-order valence-electron chi connectivity index (χ0n) is 4.20. The van der Waals surface area contributed by atoms with Gasteiger partial charge in [-0.15, -0.1) is 0 Å². The maximum atomic E-state index is 8.08. The van der Waals surface area contributed by atoms with Gasteiger partial charge in [-0.25, -0.2) is 0 Å². The molecule has 0 atom stereocenters. The molecule has 2 N–H and O–H groups in total. The summed E-state index contributed by atoms with van der Waals surface area (Å²) in [7, 11) is 0. The molecule has 0 saturated heterocycles. The Bertz CT molecular complexity index is 132. The first-order valence-electron chi connectivity index (χ1n) is 2.30. The highest BCUT2D eigenvalue weighted by molar-refractivity contribution is 6.47. The third-order valence-electron chi connectivity index (χ3n) is 1.17. The third kappa shape index (κ3) is 0.538. The lowest BCUT2D eigenvalue weighted by molar-refractivity contribution is 0.309. The van der Waals surface area contributed by atoms with Crippen molar-refractivity contribution in [3.63, 3.8) is 0 Å². The molecule has 1 aliphatic carbocycles. The lowest BCUT2D eigenvalue weighted by atomic mass is 9.95. The van der Waals surface area contributed by atoms with Crippen molar-refractivity contribution < 1.29 is 10.4 Å². The molecule has 0 aromatic rings. The van der Waals surface area contributed by atoms with E-state index in [4.69, 9.17) is 10.4 Å². The van der Waals surface area contributed by atoms with Gasteiger partial charge in [0, 0.05) is 12.8 Å². The Hall–Kier alpha value is -1.06. The summed E-state index contributed by atoms with van der Waals surface area (Å²) in [6.07, 6.45) is 1.44. The van der Waals surface area contributed by atoms with Crippen LogP contribution in [0.5, 0.6) is 0 Å². The fraction of sp³-hybridized carbons (Fsp3) is 0.500. The van der Waals surface area contributed by atoms with Gasteiger partial charge >= 0.3 is 0 Å². The topological polar surface area (TPSA) is 65.2 Å². The molecule has 4 nitrogen and oxygen atoms in total. The summed E-state index contributed by atoms with van der Waals surface area (Å²) >= 11 is 0. The molecule has 0 aliphatic heterocycles. The second-order valence-electron chi connectivity index (χ2n) is 1.59. The van der Waals surface area contributed by atoms with Crippen molar-refractivity contribution in [2.75, 3.05) is 0 Å². The van der Waals surface area contributed by atoms with Gasteiger partial charge in [0.1, 0.15) is 11.4 Å². The van der Waals surface area contributed by atoms with Crippen LogP contribution in [0.4, 0.5) is 0 Å². The minimum atomic E-state index is 0.493. The molecule has 0 aromatic heterocycles. The Kier molecular flexibility index (Phi) is 1.15. The largest absolute Gasteiger partial charge is 0.411 e. The summed E-state index contributed by atoms with van der Waals surface area (Å²) in [5, 5.41) is 21.9. The van der Waals surface area contributed by atoms with E-state index in [0.29, 0.717) is 11.4 Å². The van der Waals surface area contributed by atoms with Crippen molar-refractivity contribution in [1.82, 2.24) is 0 Å². The maximum Gasteiger partial charge on any atom is 0.105 e. The second-order valence-corrected chi connectivity index (χ2v) is 1.59. The Labute approximate surface area is 46.1 Å². The van der Waals surface area contributed by atoms with Gasteiger partial charge in [0.05, 0.1) is 0 Å². The van der Waals surface area contributed by atoms with Crippen molar-refractivity contribution in [2.45, 2.75) is 12.8 Å². The summed E-state index contributed by atoms with van der Waals surface area (Å²) in [5.41, 5.74) is 0.986. The first-order chi connectivity index (χ1) is 3.88. The highest BCUT2D eigenvalue weighted by Crippen LogP contribution is 2.10. The predicted molar refractivity (Wildman–Crippen MR) is 27.7 cm³/mol. The van der Waals surface area contributed by atoms with Crippen molar-refractivity contribution in [3.05, 3.63) is 0 Å². The van der Waals surface area contributed by atoms with Gasteiger partial charge in [-0.05, 0) is 0 Å². The molecule has 8 heavy (non-hydrogen) atoms. The number of hydrogen-bond acceptors (Lipinski definition) is 4. The zero-order chi connectivity index (χ0) is 5.98. The lowest BCUT2D eigenvalue weighted by Gasteiger charge is -2.13. The molecule has 1 fully saturated rings. The summed E-state index contributed by atoms with van der Waals surface area (Å²) in [6, 6.07) is 0. The van der Waals surface area contributed by atoms with E-state index in [-0.39, 0.29) is 0 Å². The van der Waals surface area contributed by atoms with E-state index in [1.54, 1.807) is 0 Å². The van der Waals surface area contributed by atoms with E-state index < -0.39 is 0 Å².